The molecule has 0 fully saturated rings. The molecule has 2 aromatic rings. The third-order valence-corrected chi connectivity index (χ3v) is 3.54. The fourth-order valence-electron chi connectivity index (χ4n) is 2.38. The number of hydrogen-bond acceptors (Lipinski definition) is 2. The molecule has 3 nitrogen and oxygen atoms in total. The Morgan fingerprint density at radius 2 is 2.05 bits per heavy atom. The van der Waals surface area contributed by atoms with Crippen LogP contribution in [0.3, 0.4) is 0 Å². The molecular weight excluding hydrogens is 234 g/mol. The maximum absolute atomic E-state index is 4.29. The van der Waals surface area contributed by atoms with Crippen molar-refractivity contribution in [3.63, 3.8) is 0 Å². The van der Waals surface area contributed by atoms with Crippen molar-refractivity contribution in [3.8, 4) is 0 Å². The minimum absolute atomic E-state index is 0.327. The summed E-state index contributed by atoms with van der Waals surface area (Å²) in [5.74, 6) is 0. The minimum Gasteiger partial charge on any atom is -0.308 e. The molecule has 0 bridgehead atoms. The number of aryl methyl sites for hydroxylation is 2. The van der Waals surface area contributed by atoms with Gasteiger partial charge >= 0.3 is 0 Å². The van der Waals surface area contributed by atoms with Crippen molar-refractivity contribution in [1.29, 1.82) is 0 Å². The molecular formula is C16H23N3. The van der Waals surface area contributed by atoms with E-state index in [-0.39, 0.29) is 0 Å². The van der Waals surface area contributed by atoms with E-state index >= 15 is 0 Å². The molecule has 2 rings (SSSR count). The summed E-state index contributed by atoms with van der Waals surface area (Å²) in [6.45, 7) is 5.40. The van der Waals surface area contributed by atoms with Crippen molar-refractivity contribution in [2.24, 2.45) is 7.05 Å². The Labute approximate surface area is 115 Å². The predicted octanol–water partition coefficient (Wildman–Crippen LogP) is 3.01. The number of aromatic nitrogens is 2. The zero-order chi connectivity index (χ0) is 13.7. The molecule has 0 saturated heterocycles. The molecule has 0 saturated carbocycles. The lowest BCUT2D eigenvalue weighted by Gasteiger charge is -2.20. The number of nitrogens with one attached hydrogen (secondary N) is 1. The second kappa shape index (κ2) is 6.53. The van der Waals surface area contributed by atoms with Gasteiger partial charge in [-0.25, -0.2) is 0 Å². The molecule has 0 spiro atoms. The Kier molecular flexibility index (Phi) is 4.74. The molecule has 19 heavy (non-hydrogen) atoms. The van der Waals surface area contributed by atoms with Crippen molar-refractivity contribution >= 4 is 0 Å². The Hall–Kier alpha value is -1.61. The lowest BCUT2D eigenvalue weighted by molar-refractivity contribution is 0.492. The minimum atomic E-state index is 0.327. The summed E-state index contributed by atoms with van der Waals surface area (Å²) in [4.78, 5) is 0. The number of benzene rings is 1. The van der Waals surface area contributed by atoms with Crippen LogP contribution >= 0.6 is 0 Å². The van der Waals surface area contributed by atoms with Crippen LogP contribution in [-0.2, 0) is 13.5 Å². The first-order valence-electron chi connectivity index (χ1n) is 6.98. The van der Waals surface area contributed by atoms with Crippen LogP contribution in [0.15, 0.2) is 36.5 Å². The predicted molar refractivity (Wildman–Crippen MR) is 79.1 cm³/mol. The van der Waals surface area contributed by atoms with Crippen LogP contribution in [0.2, 0.25) is 0 Å². The van der Waals surface area contributed by atoms with Crippen LogP contribution in [0.1, 0.15) is 36.2 Å². The summed E-state index contributed by atoms with van der Waals surface area (Å²) < 4.78 is 1.96. The van der Waals surface area contributed by atoms with Gasteiger partial charge in [-0.05, 0) is 43.5 Å². The van der Waals surface area contributed by atoms with Crippen molar-refractivity contribution < 1.29 is 0 Å². The Morgan fingerprint density at radius 1 is 1.26 bits per heavy atom. The van der Waals surface area contributed by atoms with Gasteiger partial charge in [0.05, 0.1) is 11.7 Å². The van der Waals surface area contributed by atoms with Crippen LogP contribution in [0.25, 0.3) is 0 Å². The second-order valence-electron chi connectivity index (χ2n) is 5.02. The standard InChI is InChI=1S/C16H23N3/c1-4-10-17-15(16-9-11-18-19(16)3)12-14-8-6-5-7-13(14)2/h5-9,11,15,17H,4,10,12H2,1-3H3. The number of hydrogen-bond donors (Lipinski definition) is 1. The molecule has 102 valence electrons. The van der Waals surface area contributed by atoms with E-state index in [1.165, 1.54) is 16.8 Å². The fourth-order valence-corrected chi connectivity index (χ4v) is 2.38. The summed E-state index contributed by atoms with van der Waals surface area (Å²) in [5, 5.41) is 7.91. The van der Waals surface area contributed by atoms with E-state index < -0.39 is 0 Å². The van der Waals surface area contributed by atoms with Gasteiger partial charge in [0.15, 0.2) is 0 Å². The van der Waals surface area contributed by atoms with Crippen molar-refractivity contribution in [3.05, 3.63) is 53.3 Å². The van der Waals surface area contributed by atoms with Gasteiger partial charge in [0.2, 0.25) is 0 Å². The zero-order valence-electron chi connectivity index (χ0n) is 12.1. The highest BCUT2D eigenvalue weighted by atomic mass is 15.3. The largest absolute Gasteiger partial charge is 0.308 e. The third-order valence-electron chi connectivity index (χ3n) is 3.54. The molecule has 0 aliphatic heterocycles. The van der Waals surface area contributed by atoms with Gasteiger partial charge in [-0.2, -0.15) is 5.10 Å². The summed E-state index contributed by atoms with van der Waals surface area (Å²) >= 11 is 0. The average molecular weight is 257 g/mol. The second-order valence-corrected chi connectivity index (χ2v) is 5.02. The maximum atomic E-state index is 4.29. The fraction of sp³-hybridized carbons (Fsp3) is 0.438. The van der Waals surface area contributed by atoms with Gasteiger partial charge in [-0.1, -0.05) is 31.2 Å². The summed E-state index contributed by atoms with van der Waals surface area (Å²) in [6.07, 6.45) is 4.02. The van der Waals surface area contributed by atoms with E-state index in [2.05, 4.69) is 54.6 Å². The van der Waals surface area contributed by atoms with E-state index in [0.29, 0.717) is 6.04 Å². The lowest BCUT2D eigenvalue weighted by Crippen LogP contribution is -2.26. The molecule has 0 amide bonds. The van der Waals surface area contributed by atoms with Crippen LogP contribution in [0.5, 0.6) is 0 Å². The monoisotopic (exact) mass is 257 g/mol. The molecule has 3 heteroatoms. The van der Waals surface area contributed by atoms with Crippen molar-refractivity contribution in [1.82, 2.24) is 15.1 Å². The summed E-state index contributed by atoms with van der Waals surface area (Å²) in [7, 11) is 2.01. The van der Waals surface area contributed by atoms with E-state index in [4.69, 9.17) is 0 Å². The van der Waals surface area contributed by atoms with Crippen LogP contribution in [0, 0.1) is 6.92 Å². The van der Waals surface area contributed by atoms with Gasteiger partial charge in [-0.15, -0.1) is 0 Å². The molecule has 0 radical (unpaired) electrons. The molecule has 1 atom stereocenters. The number of rotatable bonds is 6. The van der Waals surface area contributed by atoms with E-state index in [1.54, 1.807) is 0 Å². The first kappa shape index (κ1) is 13.8. The average Bonchev–Trinajstić information content (AvgIpc) is 2.83. The highest BCUT2D eigenvalue weighted by molar-refractivity contribution is 5.27. The zero-order valence-corrected chi connectivity index (χ0v) is 12.1. The Morgan fingerprint density at radius 3 is 2.68 bits per heavy atom. The van der Waals surface area contributed by atoms with Gasteiger partial charge in [-0.3, -0.25) is 4.68 Å². The highest BCUT2D eigenvalue weighted by Crippen LogP contribution is 2.20. The first-order chi connectivity index (χ1) is 9.22. The van der Waals surface area contributed by atoms with Crippen LogP contribution < -0.4 is 5.32 Å². The third kappa shape index (κ3) is 3.44. The first-order valence-corrected chi connectivity index (χ1v) is 6.98. The van der Waals surface area contributed by atoms with Crippen molar-refractivity contribution in [2.45, 2.75) is 32.7 Å². The molecule has 1 unspecified atom stereocenters. The van der Waals surface area contributed by atoms with Crippen LogP contribution in [-0.4, -0.2) is 16.3 Å². The lowest BCUT2D eigenvalue weighted by atomic mass is 9.99. The molecule has 1 aromatic heterocycles. The van der Waals surface area contributed by atoms with E-state index in [1.807, 2.05) is 17.9 Å². The van der Waals surface area contributed by atoms with Crippen molar-refractivity contribution in [2.75, 3.05) is 6.54 Å². The molecule has 0 aliphatic rings. The Balaban J connectivity index is 2.19. The van der Waals surface area contributed by atoms with Gasteiger partial charge < -0.3 is 5.32 Å². The van der Waals surface area contributed by atoms with Crippen LogP contribution in [0.4, 0.5) is 0 Å². The molecule has 1 aromatic carbocycles. The number of nitrogens with zero attached hydrogens (tertiary/aromatic N) is 2. The van der Waals surface area contributed by atoms with Gasteiger partial charge in [0, 0.05) is 13.2 Å². The summed E-state index contributed by atoms with van der Waals surface area (Å²) in [6, 6.07) is 11.0. The summed E-state index contributed by atoms with van der Waals surface area (Å²) in [5.41, 5.74) is 4.00. The highest BCUT2D eigenvalue weighted by Gasteiger charge is 2.15. The maximum Gasteiger partial charge on any atom is 0.0553 e. The molecule has 1 heterocycles. The SMILES string of the molecule is CCCNC(Cc1ccccc1C)c1ccnn1C. The normalized spacial score (nSPS) is 12.6. The van der Waals surface area contributed by atoms with Gasteiger partial charge in [0.1, 0.15) is 0 Å². The topological polar surface area (TPSA) is 29.9 Å². The molecule has 0 aliphatic carbocycles. The van der Waals surface area contributed by atoms with Gasteiger partial charge in [0.25, 0.3) is 0 Å². The van der Waals surface area contributed by atoms with E-state index in [9.17, 15) is 0 Å². The smallest absolute Gasteiger partial charge is 0.0553 e. The quantitative estimate of drug-likeness (QED) is 0.862. The molecule has 1 N–H and O–H groups in total. The Bertz CT molecular complexity index is 516. The van der Waals surface area contributed by atoms with E-state index in [0.717, 1.165) is 19.4 Å².